The summed E-state index contributed by atoms with van der Waals surface area (Å²) in [5, 5.41) is 2.84. The molecule has 0 aliphatic carbocycles. The number of nitrogen functional groups attached to an aromatic ring is 1. The number of benzene rings is 1. The second-order valence-electron chi connectivity index (χ2n) is 3.85. The van der Waals surface area contributed by atoms with Crippen molar-refractivity contribution in [3.63, 3.8) is 0 Å². The van der Waals surface area contributed by atoms with Gasteiger partial charge in [0.2, 0.25) is 0 Å². The lowest BCUT2D eigenvalue weighted by molar-refractivity contribution is 0.0961. The van der Waals surface area contributed by atoms with Crippen molar-refractivity contribution in [1.29, 1.82) is 0 Å². The van der Waals surface area contributed by atoms with Gasteiger partial charge in [-0.3, -0.25) is 9.79 Å². The normalized spacial score (nSPS) is 14.8. The van der Waals surface area contributed by atoms with E-state index in [-0.39, 0.29) is 5.91 Å². The molecule has 3 N–H and O–H groups in total. The van der Waals surface area contributed by atoms with E-state index >= 15 is 0 Å². The molecule has 2 rings (SSSR count). The molecule has 0 aromatic heterocycles. The molecule has 0 saturated heterocycles. The summed E-state index contributed by atoms with van der Waals surface area (Å²) in [6.07, 6.45) is 1.89. The number of fused-ring (bicyclic) bond motifs is 1. The Morgan fingerprint density at radius 1 is 1.50 bits per heavy atom. The lowest BCUT2D eigenvalue weighted by Gasteiger charge is -2.04. The minimum Gasteiger partial charge on any atom is -0.397 e. The molecule has 4 nitrogen and oxygen atoms in total. The monoisotopic (exact) mass is 217 g/mol. The minimum absolute atomic E-state index is 0.0999. The molecular formula is C12H15N3O. The topological polar surface area (TPSA) is 67.5 Å². The molecule has 0 spiro atoms. The van der Waals surface area contributed by atoms with Crippen molar-refractivity contribution in [3.05, 3.63) is 23.8 Å². The van der Waals surface area contributed by atoms with E-state index in [2.05, 4.69) is 17.2 Å². The second kappa shape index (κ2) is 4.35. The first-order valence-electron chi connectivity index (χ1n) is 5.45. The molecule has 16 heavy (non-hydrogen) atoms. The number of anilines is 1. The van der Waals surface area contributed by atoms with E-state index in [9.17, 15) is 4.79 Å². The van der Waals surface area contributed by atoms with Crippen molar-refractivity contribution in [2.24, 2.45) is 4.99 Å². The zero-order chi connectivity index (χ0) is 11.5. The van der Waals surface area contributed by atoms with E-state index < -0.39 is 0 Å². The SMILES string of the molecule is CCCC1=Nc2c(N)cccc2C(=O)NC1. The lowest BCUT2D eigenvalue weighted by atomic mass is 10.1. The number of carbonyl (C=O) groups excluding carboxylic acids is 1. The molecule has 1 aromatic rings. The van der Waals surface area contributed by atoms with Gasteiger partial charge < -0.3 is 11.1 Å². The molecule has 84 valence electrons. The first-order chi connectivity index (χ1) is 7.72. The number of nitrogens with one attached hydrogen (secondary N) is 1. The molecule has 1 aromatic carbocycles. The van der Waals surface area contributed by atoms with Crippen LogP contribution >= 0.6 is 0 Å². The third-order valence-electron chi connectivity index (χ3n) is 2.57. The van der Waals surface area contributed by atoms with Crippen molar-refractivity contribution >= 4 is 23.0 Å². The first-order valence-corrected chi connectivity index (χ1v) is 5.45. The predicted molar refractivity (Wildman–Crippen MR) is 65.2 cm³/mol. The van der Waals surface area contributed by atoms with Crippen LogP contribution in [0, 0.1) is 0 Å². The van der Waals surface area contributed by atoms with Crippen molar-refractivity contribution in [2.45, 2.75) is 19.8 Å². The molecule has 0 fully saturated rings. The summed E-state index contributed by atoms with van der Waals surface area (Å²) in [5.41, 5.74) is 8.56. The smallest absolute Gasteiger partial charge is 0.253 e. The molecule has 1 aliphatic heterocycles. The average Bonchev–Trinajstić information content (AvgIpc) is 2.42. The molecule has 0 unspecified atom stereocenters. The highest BCUT2D eigenvalue weighted by Gasteiger charge is 2.17. The Morgan fingerprint density at radius 2 is 2.31 bits per heavy atom. The fraction of sp³-hybridized carbons (Fsp3) is 0.333. The minimum atomic E-state index is -0.0999. The van der Waals surface area contributed by atoms with Gasteiger partial charge >= 0.3 is 0 Å². The fourth-order valence-corrected chi connectivity index (χ4v) is 1.78. The van der Waals surface area contributed by atoms with Gasteiger partial charge in [-0.1, -0.05) is 19.4 Å². The summed E-state index contributed by atoms with van der Waals surface area (Å²) in [5.74, 6) is -0.0999. The highest BCUT2D eigenvalue weighted by molar-refractivity contribution is 6.07. The third kappa shape index (κ3) is 1.91. The number of nitrogens with two attached hydrogens (primary N) is 1. The molecule has 0 saturated carbocycles. The zero-order valence-corrected chi connectivity index (χ0v) is 9.29. The van der Waals surface area contributed by atoms with E-state index in [4.69, 9.17) is 5.73 Å². The molecule has 1 heterocycles. The number of hydrogen-bond acceptors (Lipinski definition) is 3. The van der Waals surface area contributed by atoms with Gasteiger partial charge in [-0.15, -0.1) is 0 Å². The molecular weight excluding hydrogens is 202 g/mol. The Balaban J connectivity index is 2.49. The van der Waals surface area contributed by atoms with E-state index in [1.54, 1.807) is 18.2 Å². The summed E-state index contributed by atoms with van der Waals surface area (Å²) >= 11 is 0. The van der Waals surface area contributed by atoms with Crippen LogP contribution in [0.1, 0.15) is 30.1 Å². The van der Waals surface area contributed by atoms with Crippen molar-refractivity contribution in [3.8, 4) is 0 Å². The number of rotatable bonds is 2. The second-order valence-corrected chi connectivity index (χ2v) is 3.85. The van der Waals surface area contributed by atoms with E-state index in [1.807, 2.05) is 0 Å². The van der Waals surface area contributed by atoms with Gasteiger partial charge in [0, 0.05) is 5.71 Å². The number of aliphatic imine (C=N–C) groups is 1. The zero-order valence-electron chi connectivity index (χ0n) is 9.29. The summed E-state index contributed by atoms with van der Waals surface area (Å²) < 4.78 is 0. The Kier molecular flexibility index (Phi) is 2.90. The molecule has 4 heteroatoms. The summed E-state index contributed by atoms with van der Waals surface area (Å²) in [6.45, 7) is 2.60. The maximum absolute atomic E-state index is 11.8. The van der Waals surface area contributed by atoms with Crippen LogP contribution in [-0.2, 0) is 0 Å². The number of nitrogens with zero attached hydrogens (tertiary/aromatic N) is 1. The van der Waals surface area contributed by atoms with Gasteiger partial charge in [-0.05, 0) is 18.6 Å². The van der Waals surface area contributed by atoms with Crippen LogP contribution in [0.15, 0.2) is 23.2 Å². The number of para-hydroxylation sites is 1. The van der Waals surface area contributed by atoms with Crippen LogP contribution in [0.3, 0.4) is 0 Å². The van der Waals surface area contributed by atoms with Crippen molar-refractivity contribution in [2.75, 3.05) is 12.3 Å². The maximum Gasteiger partial charge on any atom is 0.253 e. The van der Waals surface area contributed by atoms with Crippen LogP contribution in [0.5, 0.6) is 0 Å². The largest absolute Gasteiger partial charge is 0.397 e. The van der Waals surface area contributed by atoms with Crippen LogP contribution in [0.4, 0.5) is 11.4 Å². The van der Waals surface area contributed by atoms with Crippen LogP contribution in [0.2, 0.25) is 0 Å². The van der Waals surface area contributed by atoms with E-state index in [1.165, 1.54) is 0 Å². The van der Waals surface area contributed by atoms with Gasteiger partial charge in [-0.25, -0.2) is 0 Å². The Hall–Kier alpha value is -1.84. The molecule has 0 atom stereocenters. The fourth-order valence-electron chi connectivity index (χ4n) is 1.78. The van der Waals surface area contributed by atoms with Gasteiger partial charge in [0.15, 0.2) is 0 Å². The maximum atomic E-state index is 11.8. The number of carbonyl (C=O) groups is 1. The summed E-state index contributed by atoms with van der Waals surface area (Å²) in [6, 6.07) is 5.29. The molecule has 0 radical (unpaired) electrons. The van der Waals surface area contributed by atoms with E-state index in [0.29, 0.717) is 23.5 Å². The Bertz CT molecular complexity index is 452. The van der Waals surface area contributed by atoms with Gasteiger partial charge in [0.1, 0.15) is 0 Å². The first kappa shape index (κ1) is 10.7. The van der Waals surface area contributed by atoms with Crippen LogP contribution < -0.4 is 11.1 Å². The Morgan fingerprint density at radius 3 is 3.06 bits per heavy atom. The van der Waals surface area contributed by atoms with E-state index in [0.717, 1.165) is 18.6 Å². The number of hydrogen-bond donors (Lipinski definition) is 2. The van der Waals surface area contributed by atoms with Gasteiger partial charge in [-0.2, -0.15) is 0 Å². The van der Waals surface area contributed by atoms with Crippen molar-refractivity contribution < 1.29 is 4.79 Å². The van der Waals surface area contributed by atoms with Crippen LogP contribution in [-0.4, -0.2) is 18.2 Å². The average molecular weight is 217 g/mol. The lowest BCUT2D eigenvalue weighted by Crippen LogP contribution is -2.27. The van der Waals surface area contributed by atoms with Gasteiger partial charge in [0.05, 0.1) is 23.5 Å². The van der Waals surface area contributed by atoms with Crippen molar-refractivity contribution in [1.82, 2.24) is 5.32 Å². The third-order valence-corrected chi connectivity index (χ3v) is 2.57. The highest BCUT2D eigenvalue weighted by Crippen LogP contribution is 2.28. The van der Waals surface area contributed by atoms with Crippen LogP contribution in [0.25, 0.3) is 0 Å². The Labute approximate surface area is 94.6 Å². The molecule has 1 amide bonds. The van der Waals surface area contributed by atoms with Gasteiger partial charge in [0.25, 0.3) is 5.91 Å². The summed E-state index contributed by atoms with van der Waals surface area (Å²) in [7, 11) is 0. The number of amides is 1. The molecule has 1 aliphatic rings. The quantitative estimate of drug-likeness (QED) is 0.743. The highest BCUT2D eigenvalue weighted by atomic mass is 16.1. The standard InChI is InChI=1S/C12H15N3O/c1-2-4-8-7-14-12(16)9-5-3-6-10(13)11(9)15-8/h3,5-6H,2,4,7,13H2,1H3,(H,14,16). The predicted octanol–water partition coefficient (Wildman–Crippen LogP) is 1.88. The molecule has 0 bridgehead atoms. The summed E-state index contributed by atoms with van der Waals surface area (Å²) in [4.78, 5) is 16.3.